The maximum Gasteiger partial charge on any atom is 0.305 e. The molecule has 1 aliphatic rings. The van der Waals surface area contributed by atoms with E-state index in [1.165, 1.54) is 250 Å². The minimum absolute atomic E-state index is 0.00953. The largest absolute Gasteiger partial charge is 0.466 e. The number of nitrogens with one attached hydrogen (secondary N) is 1. The number of unbranched alkanes of at least 4 members (excludes halogenated alkanes) is 42. The number of allylic oxidation sites excluding steroid dienone is 7. The zero-order valence-electron chi connectivity index (χ0n) is 53.9. The molecule has 1 aliphatic heterocycles. The highest BCUT2D eigenvalue weighted by atomic mass is 16.7. The van der Waals surface area contributed by atoms with E-state index in [4.69, 9.17) is 14.2 Å². The molecular formula is C72H133NO10. The Morgan fingerprint density at radius 3 is 1.29 bits per heavy atom. The van der Waals surface area contributed by atoms with E-state index in [0.717, 1.165) is 57.8 Å². The fourth-order valence-electron chi connectivity index (χ4n) is 11.1. The normalized spacial score (nSPS) is 18.4. The number of ether oxygens (including phenoxy) is 3. The van der Waals surface area contributed by atoms with Gasteiger partial charge >= 0.3 is 5.97 Å². The summed E-state index contributed by atoms with van der Waals surface area (Å²) in [5.41, 5.74) is 0. The van der Waals surface area contributed by atoms with Gasteiger partial charge in [0.2, 0.25) is 5.91 Å². The van der Waals surface area contributed by atoms with Crippen molar-refractivity contribution >= 4 is 11.9 Å². The van der Waals surface area contributed by atoms with E-state index < -0.39 is 49.5 Å². The number of rotatable bonds is 62. The lowest BCUT2D eigenvalue weighted by Gasteiger charge is -2.40. The van der Waals surface area contributed by atoms with Gasteiger partial charge in [-0.05, 0) is 77.0 Å². The van der Waals surface area contributed by atoms with Gasteiger partial charge in [0, 0.05) is 12.8 Å². The summed E-state index contributed by atoms with van der Waals surface area (Å²) in [6.45, 7) is 4.30. The van der Waals surface area contributed by atoms with Crippen LogP contribution < -0.4 is 5.32 Å². The lowest BCUT2D eigenvalue weighted by molar-refractivity contribution is -0.302. The van der Waals surface area contributed by atoms with Gasteiger partial charge < -0.3 is 45.1 Å². The smallest absolute Gasteiger partial charge is 0.305 e. The highest BCUT2D eigenvalue weighted by Crippen LogP contribution is 2.23. The second kappa shape index (κ2) is 61.3. The monoisotopic (exact) mass is 1170 g/mol. The zero-order chi connectivity index (χ0) is 60.2. The van der Waals surface area contributed by atoms with Gasteiger partial charge in [-0.2, -0.15) is 0 Å². The Kier molecular flexibility index (Phi) is 58.0. The van der Waals surface area contributed by atoms with Crippen LogP contribution in [-0.2, 0) is 23.8 Å². The molecule has 0 aromatic heterocycles. The van der Waals surface area contributed by atoms with Crippen molar-refractivity contribution in [2.24, 2.45) is 0 Å². The third-order valence-corrected chi connectivity index (χ3v) is 16.7. The second-order valence-electron chi connectivity index (χ2n) is 24.6. The summed E-state index contributed by atoms with van der Waals surface area (Å²) in [7, 11) is 0. The van der Waals surface area contributed by atoms with Crippen molar-refractivity contribution in [2.75, 3.05) is 19.8 Å². The van der Waals surface area contributed by atoms with Crippen molar-refractivity contribution in [1.29, 1.82) is 0 Å². The SMILES string of the molecule is CCCCC/C=C/CC/C=C/C(O)C(COC1OC(CO)C(O)C(O)C1O)NC(=O)CCCCCCCCCCCCCCCCCCC/C=C\C/C=C\CCCCCCCCCCCCCOC(=O)CCCCCCCCCCCCC. The summed E-state index contributed by atoms with van der Waals surface area (Å²) in [6, 6.07) is -0.825. The molecule has 6 N–H and O–H groups in total. The minimum atomic E-state index is -1.57. The predicted molar refractivity (Wildman–Crippen MR) is 347 cm³/mol. The van der Waals surface area contributed by atoms with Crippen LogP contribution in [0, 0.1) is 0 Å². The average Bonchev–Trinajstić information content (AvgIpc) is 3.69. The van der Waals surface area contributed by atoms with Crippen molar-refractivity contribution in [3.63, 3.8) is 0 Å². The van der Waals surface area contributed by atoms with Crippen LogP contribution in [0.2, 0.25) is 0 Å². The molecule has 1 rings (SSSR count). The first-order chi connectivity index (χ1) is 40.7. The molecule has 7 atom stereocenters. The molecule has 11 nitrogen and oxygen atoms in total. The van der Waals surface area contributed by atoms with Gasteiger partial charge in [0.15, 0.2) is 6.29 Å². The Labute approximate surface area is 510 Å². The van der Waals surface area contributed by atoms with Crippen LogP contribution in [0.1, 0.15) is 335 Å². The highest BCUT2D eigenvalue weighted by molar-refractivity contribution is 5.76. The Balaban J connectivity index is 1.92. The lowest BCUT2D eigenvalue weighted by atomic mass is 9.99. The third-order valence-electron chi connectivity index (χ3n) is 16.7. The number of amides is 1. The fourth-order valence-corrected chi connectivity index (χ4v) is 11.1. The zero-order valence-corrected chi connectivity index (χ0v) is 53.9. The van der Waals surface area contributed by atoms with Gasteiger partial charge in [-0.25, -0.2) is 0 Å². The van der Waals surface area contributed by atoms with Gasteiger partial charge in [0.1, 0.15) is 24.4 Å². The summed E-state index contributed by atoms with van der Waals surface area (Å²) in [4.78, 5) is 25.0. The average molecular weight is 1170 g/mol. The van der Waals surface area contributed by atoms with Gasteiger partial charge in [-0.15, -0.1) is 0 Å². The molecule has 0 bridgehead atoms. The number of carbonyl (C=O) groups is 2. The second-order valence-corrected chi connectivity index (χ2v) is 24.6. The molecule has 486 valence electrons. The van der Waals surface area contributed by atoms with Gasteiger partial charge in [-0.3, -0.25) is 9.59 Å². The Hall–Kier alpha value is -2.38. The van der Waals surface area contributed by atoms with Crippen molar-refractivity contribution in [2.45, 2.75) is 378 Å². The van der Waals surface area contributed by atoms with E-state index >= 15 is 0 Å². The van der Waals surface area contributed by atoms with Crippen molar-refractivity contribution in [3.05, 3.63) is 48.6 Å². The summed E-state index contributed by atoms with van der Waals surface area (Å²) < 4.78 is 16.7. The Bertz CT molecular complexity index is 1520. The van der Waals surface area contributed by atoms with Crippen LogP contribution in [0.5, 0.6) is 0 Å². The maximum absolute atomic E-state index is 13.0. The molecule has 1 saturated heterocycles. The number of carbonyl (C=O) groups excluding carboxylic acids is 2. The Morgan fingerprint density at radius 1 is 0.446 bits per heavy atom. The van der Waals surface area contributed by atoms with Crippen molar-refractivity contribution in [1.82, 2.24) is 5.32 Å². The fraction of sp³-hybridized carbons (Fsp3) is 0.861. The van der Waals surface area contributed by atoms with Crippen LogP contribution in [0.4, 0.5) is 0 Å². The molecule has 1 amide bonds. The number of hydrogen-bond donors (Lipinski definition) is 6. The molecule has 0 aromatic rings. The Morgan fingerprint density at radius 2 is 0.819 bits per heavy atom. The van der Waals surface area contributed by atoms with E-state index in [-0.39, 0.29) is 18.5 Å². The van der Waals surface area contributed by atoms with Crippen molar-refractivity contribution < 1.29 is 49.3 Å². The van der Waals surface area contributed by atoms with Gasteiger partial charge in [-0.1, -0.05) is 294 Å². The van der Waals surface area contributed by atoms with Crippen LogP contribution in [0.3, 0.4) is 0 Å². The first-order valence-corrected chi connectivity index (χ1v) is 35.4. The van der Waals surface area contributed by atoms with E-state index in [1.807, 2.05) is 6.08 Å². The van der Waals surface area contributed by atoms with Crippen LogP contribution in [0.25, 0.3) is 0 Å². The summed E-state index contributed by atoms with van der Waals surface area (Å²) in [5.74, 6) is -0.182. The number of hydrogen-bond acceptors (Lipinski definition) is 10. The number of esters is 1. The molecule has 0 aliphatic carbocycles. The van der Waals surface area contributed by atoms with E-state index in [0.29, 0.717) is 19.4 Å². The molecule has 83 heavy (non-hydrogen) atoms. The predicted octanol–water partition coefficient (Wildman–Crippen LogP) is 18.0. The van der Waals surface area contributed by atoms with Crippen LogP contribution in [0.15, 0.2) is 48.6 Å². The summed E-state index contributed by atoms with van der Waals surface area (Å²) in [6.07, 6.45) is 69.9. The van der Waals surface area contributed by atoms with Crippen LogP contribution >= 0.6 is 0 Å². The van der Waals surface area contributed by atoms with Crippen LogP contribution in [-0.4, -0.2) is 100 Å². The first kappa shape index (κ1) is 78.6. The lowest BCUT2D eigenvalue weighted by Crippen LogP contribution is -2.60. The summed E-state index contributed by atoms with van der Waals surface area (Å²) >= 11 is 0. The van der Waals surface area contributed by atoms with E-state index in [9.17, 15) is 35.1 Å². The molecule has 1 heterocycles. The van der Waals surface area contributed by atoms with Crippen molar-refractivity contribution in [3.8, 4) is 0 Å². The number of aliphatic hydroxyl groups is 5. The molecule has 7 unspecified atom stereocenters. The molecule has 0 spiro atoms. The molecule has 0 radical (unpaired) electrons. The quantitative estimate of drug-likeness (QED) is 0.0195. The standard InChI is InChI=1S/C72H133NO10/c1-3-5-7-9-11-13-39-44-48-52-56-60-68(77)81-61-57-53-49-45-41-38-36-34-32-30-28-26-24-22-20-18-16-14-15-17-19-21-23-25-27-29-31-33-35-37-40-43-47-51-55-59-67(76)73-64(65(75)58-54-50-46-42-12-10-8-6-4-2)63-82-72-71(80)70(79)69(78)66(62-74)83-72/h12,16,18,22,24,42,54,58,64-66,69-72,74-75,78-80H,3-11,13-15,17,19-21,23,25-41,43-53,55-57,59-63H2,1-2H3,(H,73,76)/b18-16-,24-22-,42-12+,58-54+. The third kappa shape index (κ3) is 50.3. The highest BCUT2D eigenvalue weighted by Gasteiger charge is 2.44. The minimum Gasteiger partial charge on any atom is -0.466 e. The molecule has 0 aromatic carbocycles. The van der Waals surface area contributed by atoms with E-state index in [1.54, 1.807) is 6.08 Å². The first-order valence-electron chi connectivity index (χ1n) is 35.4. The molecule has 0 saturated carbocycles. The van der Waals surface area contributed by atoms with Gasteiger partial charge in [0.25, 0.3) is 0 Å². The maximum atomic E-state index is 13.0. The molecule has 1 fully saturated rings. The number of aliphatic hydroxyl groups excluding tert-OH is 5. The van der Waals surface area contributed by atoms with Gasteiger partial charge in [0.05, 0.1) is 32.0 Å². The molecular weight excluding hydrogens is 1040 g/mol. The van der Waals surface area contributed by atoms with E-state index in [2.05, 4.69) is 55.6 Å². The molecule has 11 heteroatoms. The topological polar surface area (TPSA) is 175 Å². The summed E-state index contributed by atoms with van der Waals surface area (Å²) in [5, 5.41) is 54.2.